The Labute approximate surface area is 124 Å². The number of aromatic nitrogens is 1. The van der Waals surface area contributed by atoms with Crippen molar-refractivity contribution in [3.8, 4) is 0 Å². The summed E-state index contributed by atoms with van der Waals surface area (Å²) < 4.78 is 14.3. The van der Waals surface area contributed by atoms with Crippen LogP contribution in [0.1, 0.15) is 17.4 Å². The van der Waals surface area contributed by atoms with Crippen LogP contribution in [0.2, 0.25) is 0 Å². The summed E-state index contributed by atoms with van der Waals surface area (Å²) in [5, 5.41) is 5.59. The summed E-state index contributed by atoms with van der Waals surface area (Å²) in [6.45, 7) is 2.70. The molecular weight excluding hydrogens is 325 g/mol. The van der Waals surface area contributed by atoms with Crippen LogP contribution in [0, 0.1) is 5.82 Å². The molecule has 4 nitrogen and oxygen atoms in total. The molecule has 104 valence electrons. The van der Waals surface area contributed by atoms with Crippen LogP contribution in [0.4, 0.5) is 15.8 Å². The molecule has 0 fully saturated rings. The van der Waals surface area contributed by atoms with Gasteiger partial charge in [-0.25, -0.2) is 4.39 Å². The Balaban J connectivity index is 2.19. The molecule has 2 N–H and O–H groups in total. The fourth-order valence-electron chi connectivity index (χ4n) is 1.65. The van der Waals surface area contributed by atoms with Gasteiger partial charge < -0.3 is 10.6 Å². The van der Waals surface area contributed by atoms with Gasteiger partial charge in [0.15, 0.2) is 0 Å². The number of pyridine rings is 1. The van der Waals surface area contributed by atoms with Gasteiger partial charge in [0.2, 0.25) is 0 Å². The number of nitrogens with zero attached hydrogens (tertiary/aromatic N) is 1. The molecule has 20 heavy (non-hydrogen) atoms. The zero-order chi connectivity index (χ0) is 14.5. The number of carbonyl (C=O) groups excluding carboxylic acids is 1. The normalized spacial score (nSPS) is 10.2. The number of carbonyl (C=O) groups is 1. The van der Waals surface area contributed by atoms with E-state index < -0.39 is 11.7 Å². The number of hydrogen-bond acceptors (Lipinski definition) is 3. The lowest BCUT2D eigenvalue weighted by molar-refractivity contribution is 0.102. The lowest BCUT2D eigenvalue weighted by Gasteiger charge is -2.08. The molecule has 6 heteroatoms. The van der Waals surface area contributed by atoms with Crippen molar-refractivity contribution in [2.24, 2.45) is 0 Å². The lowest BCUT2D eigenvalue weighted by atomic mass is 10.2. The Morgan fingerprint density at radius 3 is 2.90 bits per heavy atom. The summed E-state index contributed by atoms with van der Waals surface area (Å²) in [7, 11) is 0. The quantitative estimate of drug-likeness (QED) is 0.894. The third-order valence-electron chi connectivity index (χ3n) is 2.55. The maximum absolute atomic E-state index is 13.6. The topological polar surface area (TPSA) is 54.0 Å². The number of benzene rings is 1. The van der Waals surface area contributed by atoms with Gasteiger partial charge in [-0.1, -0.05) is 15.9 Å². The van der Waals surface area contributed by atoms with Crippen molar-refractivity contribution in [1.82, 2.24) is 4.98 Å². The van der Waals surface area contributed by atoms with Crippen molar-refractivity contribution in [3.63, 3.8) is 0 Å². The smallest absolute Gasteiger partial charge is 0.274 e. The van der Waals surface area contributed by atoms with Gasteiger partial charge in [-0.3, -0.25) is 9.78 Å². The molecule has 2 rings (SSSR count). The van der Waals surface area contributed by atoms with Gasteiger partial charge in [0, 0.05) is 22.9 Å². The third kappa shape index (κ3) is 3.54. The first-order chi connectivity index (χ1) is 9.60. The SMILES string of the molecule is CCNc1ccnc(C(=O)Nc2cc(Br)ccc2F)c1. The highest BCUT2D eigenvalue weighted by molar-refractivity contribution is 9.10. The number of nitrogens with one attached hydrogen (secondary N) is 2. The molecule has 1 aromatic heterocycles. The van der Waals surface area contributed by atoms with E-state index in [-0.39, 0.29) is 11.4 Å². The molecular formula is C14H13BrFN3O. The van der Waals surface area contributed by atoms with Gasteiger partial charge in [0.25, 0.3) is 5.91 Å². The van der Waals surface area contributed by atoms with Gasteiger partial charge in [-0.2, -0.15) is 0 Å². The maximum atomic E-state index is 13.6. The van der Waals surface area contributed by atoms with Crippen LogP contribution in [-0.2, 0) is 0 Å². The van der Waals surface area contributed by atoms with E-state index >= 15 is 0 Å². The summed E-state index contributed by atoms with van der Waals surface area (Å²) in [5.74, 6) is -0.953. The lowest BCUT2D eigenvalue weighted by Crippen LogP contribution is -2.15. The monoisotopic (exact) mass is 337 g/mol. The van der Waals surface area contributed by atoms with E-state index in [0.29, 0.717) is 4.47 Å². The van der Waals surface area contributed by atoms with Crippen LogP contribution in [0.15, 0.2) is 41.0 Å². The molecule has 0 saturated carbocycles. The van der Waals surface area contributed by atoms with E-state index in [4.69, 9.17) is 0 Å². The molecule has 1 amide bonds. The minimum absolute atomic E-state index is 0.111. The minimum Gasteiger partial charge on any atom is -0.385 e. The third-order valence-corrected chi connectivity index (χ3v) is 3.04. The van der Waals surface area contributed by atoms with Crippen LogP contribution in [0.5, 0.6) is 0 Å². The Morgan fingerprint density at radius 1 is 1.35 bits per heavy atom. The first-order valence-corrected chi connectivity index (χ1v) is 6.85. The Hall–Kier alpha value is -1.95. The first kappa shape index (κ1) is 14.5. The number of amides is 1. The highest BCUT2D eigenvalue weighted by atomic mass is 79.9. The predicted octanol–water partition coefficient (Wildman–Crippen LogP) is 3.67. The van der Waals surface area contributed by atoms with E-state index in [1.54, 1.807) is 18.2 Å². The molecule has 1 aromatic carbocycles. The standard InChI is InChI=1S/C14H13BrFN3O/c1-2-17-10-5-6-18-13(8-10)14(20)19-12-7-9(15)3-4-11(12)16/h3-8H,2H2,1H3,(H,17,18)(H,19,20). The zero-order valence-electron chi connectivity index (χ0n) is 10.8. The zero-order valence-corrected chi connectivity index (χ0v) is 12.4. The first-order valence-electron chi connectivity index (χ1n) is 6.06. The molecule has 0 aliphatic carbocycles. The number of halogens is 2. The van der Waals surface area contributed by atoms with Crippen molar-refractivity contribution >= 4 is 33.2 Å². The second-order valence-electron chi connectivity index (χ2n) is 4.04. The van der Waals surface area contributed by atoms with Crippen molar-refractivity contribution < 1.29 is 9.18 Å². The summed E-state index contributed by atoms with van der Waals surface area (Å²) >= 11 is 3.23. The minimum atomic E-state index is -0.496. The van der Waals surface area contributed by atoms with Crippen LogP contribution in [0.3, 0.4) is 0 Å². The number of rotatable bonds is 4. The maximum Gasteiger partial charge on any atom is 0.274 e. The van der Waals surface area contributed by atoms with Gasteiger partial charge in [-0.15, -0.1) is 0 Å². The van der Waals surface area contributed by atoms with Crippen LogP contribution >= 0.6 is 15.9 Å². The number of hydrogen-bond donors (Lipinski definition) is 2. The fourth-order valence-corrected chi connectivity index (χ4v) is 2.01. The molecule has 0 saturated heterocycles. The molecule has 0 unspecified atom stereocenters. The van der Waals surface area contributed by atoms with Crippen LogP contribution in [-0.4, -0.2) is 17.4 Å². The van der Waals surface area contributed by atoms with Crippen molar-refractivity contribution in [2.75, 3.05) is 17.2 Å². The Kier molecular flexibility index (Phi) is 4.68. The summed E-state index contributed by atoms with van der Waals surface area (Å²) in [6.07, 6.45) is 1.53. The average molecular weight is 338 g/mol. The van der Waals surface area contributed by atoms with Crippen molar-refractivity contribution in [1.29, 1.82) is 0 Å². The molecule has 0 aliphatic rings. The largest absolute Gasteiger partial charge is 0.385 e. The second kappa shape index (κ2) is 6.47. The molecule has 2 aromatic rings. The molecule has 0 bridgehead atoms. The van der Waals surface area contributed by atoms with Crippen LogP contribution < -0.4 is 10.6 Å². The predicted molar refractivity (Wildman–Crippen MR) is 80.5 cm³/mol. The average Bonchev–Trinajstić information content (AvgIpc) is 2.43. The number of anilines is 2. The van der Waals surface area contributed by atoms with Gasteiger partial charge in [0.05, 0.1) is 5.69 Å². The van der Waals surface area contributed by atoms with Gasteiger partial charge in [-0.05, 0) is 37.3 Å². The molecule has 0 spiro atoms. The molecule has 0 radical (unpaired) electrons. The van der Waals surface area contributed by atoms with E-state index in [9.17, 15) is 9.18 Å². The van der Waals surface area contributed by atoms with E-state index in [0.717, 1.165) is 12.2 Å². The Bertz CT molecular complexity index is 634. The molecule has 1 heterocycles. The second-order valence-corrected chi connectivity index (χ2v) is 4.95. The summed E-state index contributed by atoms with van der Waals surface area (Å²) in [4.78, 5) is 16.0. The van der Waals surface area contributed by atoms with Gasteiger partial charge >= 0.3 is 0 Å². The summed E-state index contributed by atoms with van der Waals surface area (Å²) in [5.41, 5.74) is 1.13. The van der Waals surface area contributed by atoms with E-state index in [1.807, 2.05) is 6.92 Å². The Morgan fingerprint density at radius 2 is 2.15 bits per heavy atom. The van der Waals surface area contributed by atoms with Crippen molar-refractivity contribution in [3.05, 3.63) is 52.5 Å². The summed E-state index contributed by atoms with van der Waals surface area (Å²) in [6, 6.07) is 7.73. The highest BCUT2D eigenvalue weighted by Crippen LogP contribution is 2.20. The van der Waals surface area contributed by atoms with E-state index in [2.05, 4.69) is 31.5 Å². The fraction of sp³-hybridized carbons (Fsp3) is 0.143. The van der Waals surface area contributed by atoms with Crippen molar-refractivity contribution in [2.45, 2.75) is 6.92 Å². The molecule has 0 aliphatic heterocycles. The van der Waals surface area contributed by atoms with E-state index in [1.165, 1.54) is 18.3 Å². The van der Waals surface area contributed by atoms with Gasteiger partial charge in [0.1, 0.15) is 11.5 Å². The highest BCUT2D eigenvalue weighted by Gasteiger charge is 2.11. The molecule has 0 atom stereocenters. The van der Waals surface area contributed by atoms with Crippen LogP contribution in [0.25, 0.3) is 0 Å².